The number of halogens is 2. The molecule has 0 bridgehead atoms. The largest absolute Gasteiger partial charge is 0.465 e. The van der Waals surface area contributed by atoms with E-state index in [0.29, 0.717) is 0 Å². The molecule has 0 spiro atoms. The molecule has 34 heavy (non-hydrogen) atoms. The Morgan fingerprint density at radius 1 is 1.24 bits per heavy atom. The van der Waals surface area contributed by atoms with Crippen molar-refractivity contribution in [1.82, 2.24) is 25.2 Å². The van der Waals surface area contributed by atoms with Gasteiger partial charge in [-0.15, -0.1) is 5.10 Å². The highest BCUT2D eigenvalue weighted by molar-refractivity contribution is 5.90. The molecule has 182 valence electrons. The van der Waals surface area contributed by atoms with Crippen LogP contribution in [-0.2, 0) is 16.1 Å². The van der Waals surface area contributed by atoms with E-state index in [2.05, 4.69) is 15.6 Å². The van der Waals surface area contributed by atoms with Gasteiger partial charge in [-0.05, 0) is 6.92 Å². The molecule has 14 heteroatoms. The number of benzene rings is 1. The molecule has 2 aliphatic rings. The van der Waals surface area contributed by atoms with E-state index in [1.165, 1.54) is 27.6 Å². The molecule has 12 nitrogen and oxygen atoms in total. The molecular formula is C20H23F2N7O5. The lowest BCUT2D eigenvalue weighted by Gasteiger charge is -2.37. The van der Waals surface area contributed by atoms with Crippen LogP contribution < -0.4 is 15.1 Å². The Bertz CT molecular complexity index is 1050. The molecule has 2 fully saturated rings. The van der Waals surface area contributed by atoms with Gasteiger partial charge in [0.05, 0.1) is 25.0 Å². The van der Waals surface area contributed by atoms with Crippen LogP contribution in [0, 0.1) is 11.6 Å². The molecule has 1 aromatic carbocycles. The summed E-state index contributed by atoms with van der Waals surface area (Å²) in [5.41, 5.74) is -0.216. The molecule has 3 amide bonds. The third kappa shape index (κ3) is 4.84. The molecule has 4 rings (SSSR count). The lowest BCUT2D eigenvalue weighted by atomic mass is 10.1. The second-order valence-corrected chi connectivity index (χ2v) is 7.98. The van der Waals surface area contributed by atoms with E-state index in [4.69, 9.17) is 9.84 Å². The number of ether oxygens (including phenoxy) is 1. The molecule has 3 heterocycles. The van der Waals surface area contributed by atoms with Gasteiger partial charge in [-0.25, -0.2) is 23.1 Å². The second-order valence-electron chi connectivity index (χ2n) is 7.98. The van der Waals surface area contributed by atoms with Gasteiger partial charge in [0.1, 0.15) is 17.8 Å². The first-order chi connectivity index (χ1) is 16.2. The van der Waals surface area contributed by atoms with Crippen molar-refractivity contribution in [3.8, 4) is 0 Å². The van der Waals surface area contributed by atoms with Gasteiger partial charge in [0, 0.05) is 44.5 Å². The van der Waals surface area contributed by atoms with Crippen molar-refractivity contribution in [2.45, 2.75) is 25.6 Å². The molecule has 2 aromatic rings. The average molecular weight is 479 g/mol. The smallest absolute Gasteiger partial charge is 0.414 e. The molecule has 0 unspecified atom stereocenters. The van der Waals surface area contributed by atoms with E-state index in [0.717, 1.165) is 17.0 Å². The molecule has 2 aliphatic heterocycles. The van der Waals surface area contributed by atoms with Gasteiger partial charge >= 0.3 is 12.2 Å². The van der Waals surface area contributed by atoms with Crippen LogP contribution in [0.15, 0.2) is 24.5 Å². The van der Waals surface area contributed by atoms with E-state index < -0.39 is 41.9 Å². The molecular weight excluding hydrogens is 456 g/mol. The number of carbonyl (C=O) groups excluding carboxylic acids is 2. The van der Waals surface area contributed by atoms with E-state index in [1.54, 1.807) is 6.20 Å². The number of carbonyl (C=O) groups is 3. The first-order valence-electron chi connectivity index (χ1n) is 10.6. The van der Waals surface area contributed by atoms with Gasteiger partial charge in [0.25, 0.3) is 0 Å². The van der Waals surface area contributed by atoms with Crippen LogP contribution in [-0.4, -0.2) is 88.0 Å². The zero-order valence-electron chi connectivity index (χ0n) is 18.2. The number of nitrogens with zero attached hydrogens (tertiary/aromatic N) is 6. The van der Waals surface area contributed by atoms with Crippen molar-refractivity contribution in [3.05, 3.63) is 36.2 Å². The average Bonchev–Trinajstić information content (AvgIpc) is 3.42. The molecule has 0 radical (unpaired) electrons. The number of carboxylic acid groups (broad SMARTS) is 1. The lowest BCUT2D eigenvalue weighted by Crippen LogP contribution is -2.54. The van der Waals surface area contributed by atoms with Crippen LogP contribution in [0.1, 0.15) is 6.92 Å². The van der Waals surface area contributed by atoms with Gasteiger partial charge < -0.3 is 25.0 Å². The zero-order valence-corrected chi connectivity index (χ0v) is 18.2. The summed E-state index contributed by atoms with van der Waals surface area (Å²) in [4.78, 5) is 39.4. The van der Waals surface area contributed by atoms with E-state index in [9.17, 15) is 23.2 Å². The number of anilines is 2. The van der Waals surface area contributed by atoms with E-state index >= 15 is 0 Å². The lowest BCUT2D eigenvalue weighted by molar-refractivity contribution is -0.133. The fraction of sp³-hybridized carbons (Fsp3) is 0.450. The van der Waals surface area contributed by atoms with E-state index in [1.807, 2.05) is 0 Å². The Kier molecular flexibility index (Phi) is 6.47. The Morgan fingerprint density at radius 3 is 2.50 bits per heavy atom. The van der Waals surface area contributed by atoms with Crippen LogP contribution in [0.5, 0.6) is 0 Å². The van der Waals surface area contributed by atoms with Crippen molar-refractivity contribution < 1.29 is 33.0 Å². The molecule has 2 saturated heterocycles. The predicted molar refractivity (Wildman–Crippen MR) is 113 cm³/mol. The summed E-state index contributed by atoms with van der Waals surface area (Å²) < 4.78 is 36.7. The third-order valence-corrected chi connectivity index (χ3v) is 5.67. The summed E-state index contributed by atoms with van der Waals surface area (Å²) in [6.45, 7) is 2.45. The van der Waals surface area contributed by atoms with Crippen molar-refractivity contribution in [1.29, 1.82) is 0 Å². The fourth-order valence-electron chi connectivity index (χ4n) is 4.05. The highest BCUT2D eigenvalue weighted by Crippen LogP contribution is 2.31. The number of rotatable bonds is 6. The second kappa shape index (κ2) is 9.49. The SMILES string of the molecule is C[C@H](NC(=O)O)C(=O)N1CCN(c2c(F)cc(N3C[C@H](Cn4ccnn4)OC3=O)cc2F)CC1. The van der Waals surface area contributed by atoms with Gasteiger partial charge in [-0.3, -0.25) is 9.69 Å². The number of aromatic nitrogens is 3. The zero-order chi connectivity index (χ0) is 24.4. The Labute approximate surface area is 192 Å². The Morgan fingerprint density at radius 2 is 1.91 bits per heavy atom. The number of amides is 3. The fourth-order valence-corrected chi connectivity index (χ4v) is 4.05. The first kappa shape index (κ1) is 23.2. The van der Waals surface area contributed by atoms with Crippen LogP contribution >= 0.6 is 0 Å². The summed E-state index contributed by atoms with van der Waals surface area (Å²) in [5.74, 6) is -2.10. The number of hydrogen-bond donors (Lipinski definition) is 2. The normalized spacial score (nSPS) is 19.2. The molecule has 0 saturated carbocycles. The highest BCUT2D eigenvalue weighted by atomic mass is 19.1. The van der Waals surface area contributed by atoms with Crippen LogP contribution in [0.3, 0.4) is 0 Å². The molecule has 2 N–H and O–H groups in total. The van der Waals surface area contributed by atoms with Crippen molar-refractivity contribution in [2.24, 2.45) is 0 Å². The maximum atomic E-state index is 15.0. The number of nitrogens with one attached hydrogen (secondary N) is 1. The van der Waals surface area contributed by atoms with Gasteiger partial charge in [0.2, 0.25) is 5.91 Å². The minimum absolute atomic E-state index is 0.0345. The number of hydrogen-bond acceptors (Lipinski definition) is 7. The van der Waals surface area contributed by atoms with Crippen LogP contribution in [0.2, 0.25) is 0 Å². The standard InChI is InChI=1S/C20H23F2N7O5/c1-12(24-19(31)32)18(30)27-6-4-26(5-7-27)17-15(21)8-13(9-16(17)22)29-11-14(34-20(29)33)10-28-3-2-23-25-28/h2-3,8-9,12,14,24H,4-7,10-11H2,1H3,(H,31,32)/t12-,14-/m0/s1. The minimum Gasteiger partial charge on any atom is -0.465 e. The Balaban J connectivity index is 1.41. The minimum atomic E-state index is -1.31. The number of piperazine rings is 1. The topological polar surface area (TPSA) is 133 Å². The summed E-state index contributed by atoms with van der Waals surface area (Å²) in [5, 5.41) is 18.3. The molecule has 0 aliphatic carbocycles. The van der Waals surface area contributed by atoms with Crippen molar-refractivity contribution in [3.63, 3.8) is 0 Å². The maximum absolute atomic E-state index is 15.0. The maximum Gasteiger partial charge on any atom is 0.414 e. The van der Waals surface area contributed by atoms with Crippen molar-refractivity contribution in [2.75, 3.05) is 42.5 Å². The van der Waals surface area contributed by atoms with Gasteiger partial charge in [-0.1, -0.05) is 5.21 Å². The first-order valence-corrected chi connectivity index (χ1v) is 10.6. The monoisotopic (exact) mass is 479 g/mol. The predicted octanol–water partition coefficient (Wildman–Crippen LogP) is 0.886. The summed E-state index contributed by atoms with van der Waals surface area (Å²) in [7, 11) is 0. The molecule has 2 atom stereocenters. The summed E-state index contributed by atoms with van der Waals surface area (Å²) in [6.07, 6.45) is 0.523. The quantitative estimate of drug-likeness (QED) is 0.624. The van der Waals surface area contributed by atoms with Crippen molar-refractivity contribution >= 4 is 29.5 Å². The highest BCUT2D eigenvalue weighted by Gasteiger charge is 2.34. The summed E-state index contributed by atoms with van der Waals surface area (Å²) >= 11 is 0. The van der Waals surface area contributed by atoms with Gasteiger partial charge in [-0.2, -0.15) is 0 Å². The summed E-state index contributed by atoms with van der Waals surface area (Å²) in [6, 6.07) is 1.23. The number of cyclic esters (lactones) is 1. The van der Waals surface area contributed by atoms with E-state index in [-0.39, 0.29) is 50.6 Å². The van der Waals surface area contributed by atoms with Gasteiger partial charge in [0.15, 0.2) is 11.6 Å². The van der Waals surface area contributed by atoms with Crippen LogP contribution in [0.4, 0.5) is 29.7 Å². The third-order valence-electron chi connectivity index (χ3n) is 5.67. The Hall–Kier alpha value is -3.97. The van der Waals surface area contributed by atoms with Crippen LogP contribution in [0.25, 0.3) is 0 Å². The molecule has 1 aromatic heterocycles.